The van der Waals surface area contributed by atoms with E-state index < -0.39 is 26.2 Å². The molecule has 10 nitrogen and oxygen atoms in total. The molecule has 240 valence electrons. The van der Waals surface area contributed by atoms with Crippen LogP contribution in [-0.2, 0) is 37.7 Å². The van der Waals surface area contributed by atoms with Crippen LogP contribution in [0, 0.1) is 13.8 Å². The Hall–Kier alpha value is -4.78. The third kappa shape index (κ3) is 9.36. The van der Waals surface area contributed by atoms with Crippen LogP contribution in [0.5, 0.6) is 0 Å². The quantitative estimate of drug-likeness (QED) is 0.175. The van der Waals surface area contributed by atoms with E-state index >= 15 is 0 Å². The first-order valence-electron chi connectivity index (χ1n) is 14.4. The number of nitrogens with zero attached hydrogens (tertiary/aromatic N) is 2. The number of carbonyl (C=O) groups excluding carboxylic acids is 1. The molecule has 5 aromatic rings. The third-order valence-electron chi connectivity index (χ3n) is 6.87. The van der Waals surface area contributed by atoms with Gasteiger partial charge in [0.05, 0.1) is 22.1 Å². The molecule has 1 amide bonds. The van der Waals surface area contributed by atoms with Gasteiger partial charge in [0.2, 0.25) is 0 Å². The van der Waals surface area contributed by atoms with Gasteiger partial charge in [0, 0.05) is 30.3 Å². The van der Waals surface area contributed by atoms with Crippen molar-refractivity contribution in [2.45, 2.75) is 43.4 Å². The molecule has 0 saturated heterocycles. The number of benzene rings is 4. The van der Waals surface area contributed by atoms with Gasteiger partial charge in [0.1, 0.15) is 5.82 Å². The molecule has 0 radical (unpaired) electrons. The normalized spacial score (nSPS) is 11.3. The number of hydrogen-bond donors (Lipinski definition) is 2. The monoisotopic (exact) mass is 661 g/mol. The van der Waals surface area contributed by atoms with E-state index in [-0.39, 0.29) is 16.4 Å². The fraction of sp³-hybridized carbons (Fsp3) is 0.176. The largest absolute Gasteiger partial charge is 0.448 e. The highest BCUT2D eigenvalue weighted by atomic mass is 32.2. The summed E-state index contributed by atoms with van der Waals surface area (Å²) in [4.78, 5) is 16.7. The van der Waals surface area contributed by atoms with Crippen molar-refractivity contribution in [3.63, 3.8) is 0 Å². The molecule has 4 aromatic carbocycles. The number of amides is 1. The lowest BCUT2D eigenvalue weighted by Crippen LogP contribution is -2.31. The Bertz CT molecular complexity index is 1970. The SMILES string of the molecule is CCc1nc(-c2ccccc2)cn1-c1ccc(CCOC(=O)NS(=O)(=O)c2ccc(C)cc2)cc1.Cc1ccc(S(=O)(=O)O)cc1. The van der Waals surface area contributed by atoms with E-state index in [1.807, 2.05) is 79.4 Å². The molecule has 0 atom stereocenters. The number of aryl methyl sites for hydroxylation is 3. The number of rotatable bonds is 9. The van der Waals surface area contributed by atoms with Gasteiger partial charge in [-0.1, -0.05) is 84.8 Å². The number of ether oxygens (including phenoxy) is 1. The second kappa shape index (κ2) is 15.0. The molecule has 12 heteroatoms. The van der Waals surface area contributed by atoms with Crippen LogP contribution in [0.4, 0.5) is 4.79 Å². The molecule has 1 aromatic heterocycles. The highest BCUT2D eigenvalue weighted by Gasteiger charge is 2.18. The first-order valence-corrected chi connectivity index (χ1v) is 17.3. The molecule has 0 unspecified atom stereocenters. The maximum absolute atomic E-state index is 12.3. The van der Waals surface area contributed by atoms with E-state index in [4.69, 9.17) is 14.3 Å². The molecule has 46 heavy (non-hydrogen) atoms. The number of carbonyl (C=O) groups is 1. The summed E-state index contributed by atoms with van der Waals surface area (Å²) in [5.41, 5.74) is 5.82. The van der Waals surface area contributed by atoms with Gasteiger partial charge in [0.25, 0.3) is 20.1 Å². The molecular formula is C34H35N3O7S2. The van der Waals surface area contributed by atoms with Crippen LogP contribution in [0.3, 0.4) is 0 Å². The van der Waals surface area contributed by atoms with Crippen molar-refractivity contribution in [1.82, 2.24) is 14.3 Å². The third-order valence-corrected chi connectivity index (χ3v) is 9.07. The van der Waals surface area contributed by atoms with Crippen LogP contribution in [0.25, 0.3) is 16.9 Å². The van der Waals surface area contributed by atoms with Crippen molar-refractivity contribution in [1.29, 1.82) is 0 Å². The van der Waals surface area contributed by atoms with Crippen molar-refractivity contribution in [3.8, 4) is 16.9 Å². The molecule has 2 N–H and O–H groups in total. The molecular weight excluding hydrogens is 627 g/mol. The Morgan fingerprint density at radius 3 is 1.91 bits per heavy atom. The van der Waals surface area contributed by atoms with Crippen molar-refractivity contribution in [3.05, 3.63) is 132 Å². The summed E-state index contributed by atoms with van der Waals surface area (Å²) < 4.78 is 63.2. The Kier molecular flexibility index (Phi) is 11.1. The minimum absolute atomic E-state index is 0.0111. The van der Waals surface area contributed by atoms with Crippen LogP contribution < -0.4 is 4.72 Å². The van der Waals surface area contributed by atoms with Crippen LogP contribution in [0.2, 0.25) is 0 Å². The number of hydrogen-bond acceptors (Lipinski definition) is 7. The average molecular weight is 662 g/mol. The van der Waals surface area contributed by atoms with E-state index in [1.165, 1.54) is 24.3 Å². The Balaban J connectivity index is 0.000000369. The van der Waals surface area contributed by atoms with Crippen LogP contribution in [0.15, 0.2) is 119 Å². The molecule has 0 saturated carbocycles. The van der Waals surface area contributed by atoms with Gasteiger partial charge < -0.3 is 9.30 Å². The number of nitrogens with one attached hydrogen (secondary N) is 1. The lowest BCUT2D eigenvalue weighted by Gasteiger charge is -2.09. The van der Waals surface area contributed by atoms with Crippen LogP contribution >= 0.6 is 0 Å². The highest BCUT2D eigenvalue weighted by Crippen LogP contribution is 2.22. The summed E-state index contributed by atoms with van der Waals surface area (Å²) in [5, 5.41) is 0. The van der Waals surface area contributed by atoms with Crippen molar-refractivity contribution in [2.24, 2.45) is 0 Å². The zero-order chi connectivity index (χ0) is 33.3. The van der Waals surface area contributed by atoms with Gasteiger partial charge in [-0.2, -0.15) is 8.42 Å². The van der Waals surface area contributed by atoms with Gasteiger partial charge in [-0.3, -0.25) is 4.55 Å². The van der Waals surface area contributed by atoms with Gasteiger partial charge in [-0.15, -0.1) is 0 Å². The minimum atomic E-state index is -4.02. The molecule has 0 aliphatic carbocycles. The first kappa shape index (κ1) is 34.1. The van der Waals surface area contributed by atoms with E-state index in [9.17, 15) is 21.6 Å². The molecule has 1 heterocycles. The molecule has 0 fully saturated rings. The summed E-state index contributed by atoms with van der Waals surface area (Å²) in [6.07, 6.45) is 2.29. The Morgan fingerprint density at radius 1 is 0.804 bits per heavy atom. The number of aromatic nitrogens is 2. The van der Waals surface area contributed by atoms with Gasteiger partial charge >= 0.3 is 6.09 Å². The second-order valence-corrected chi connectivity index (χ2v) is 13.5. The van der Waals surface area contributed by atoms with Gasteiger partial charge in [-0.05, 0) is 55.8 Å². The molecule has 0 bridgehead atoms. The van der Waals surface area contributed by atoms with E-state index in [1.54, 1.807) is 24.3 Å². The van der Waals surface area contributed by atoms with Crippen LogP contribution in [0.1, 0.15) is 29.4 Å². The topological polar surface area (TPSA) is 145 Å². The molecule has 5 rings (SSSR count). The fourth-order valence-corrected chi connectivity index (χ4v) is 5.72. The second-order valence-electron chi connectivity index (χ2n) is 10.4. The zero-order valence-electron chi connectivity index (χ0n) is 25.6. The zero-order valence-corrected chi connectivity index (χ0v) is 27.3. The van der Waals surface area contributed by atoms with Crippen LogP contribution in [-0.4, -0.2) is 43.6 Å². The molecule has 0 aliphatic rings. The fourth-order valence-electron chi connectivity index (χ4n) is 4.35. The lowest BCUT2D eigenvalue weighted by atomic mass is 10.1. The van der Waals surface area contributed by atoms with E-state index in [2.05, 4.69) is 11.5 Å². The summed E-state index contributed by atoms with van der Waals surface area (Å²) in [6.45, 7) is 5.82. The molecule has 0 aliphatic heterocycles. The summed E-state index contributed by atoms with van der Waals surface area (Å²) in [6, 6.07) is 30.2. The van der Waals surface area contributed by atoms with Crippen molar-refractivity contribution >= 4 is 26.2 Å². The van der Waals surface area contributed by atoms with Crippen molar-refractivity contribution < 1.29 is 30.9 Å². The Morgan fingerprint density at radius 2 is 1.37 bits per heavy atom. The smallest absolute Gasteiger partial charge is 0.421 e. The predicted octanol–water partition coefficient (Wildman–Crippen LogP) is 6.31. The van der Waals surface area contributed by atoms with Crippen molar-refractivity contribution in [2.75, 3.05) is 6.61 Å². The maximum Gasteiger partial charge on any atom is 0.421 e. The van der Waals surface area contributed by atoms with Gasteiger partial charge in [-0.25, -0.2) is 22.9 Å². The number of imidazole rings is 1. The lowest BCUT2D eigenvalue weighted by molar-refractivity contribution is 0.154. The molecule has 0 spiro atoms. The highest BCUT2D eigenvalue weighted by molar-refractivity contribution is 7.90. The average Bonchev–Trinajstić information content (AvgIpc) is 3.47. The van der Waals surface area contributed by atoms with E-state index in [0.29, 0.717) is 6.42 Å². The predicted molar refractivity (Wildman–Crippen MR) is 176 cm³/mol. The van der Waals surface area contributed by atoms with Gasteiger partial charge in [0.15, 0.2) is 0 Å². The summed E-state index contributed by atoms with van der Waals surface area (Å²) in [7, 11) is -7.99. The maximum atomic E-state index is 12.3. The van der Waals surface area contributed by atoms with E-state index in [0.717, 1.165) is 45.9 Å². The first-order chi connectivity index (χ1) is 21.9. The summed E-state index contributed by atoms with van der Waals surface area (Å²) >= 11 is 0. The minimum Gasteiger partial charge on any atom is -0.448 e. The summed E-state index contributed by atoms with van der Waals surface area (Å²) in [5.74, 6) is 0.964. The Labute approximate surface area is 269 Å². The standard InChI is InChI=1S/C27H27N3O4S.C7H8O3S/c1-3-26-28-25(22-7-5-4-6-8-22)19-30(26)23-13-11-21(12-14-23)17-18-34-27(31)29-35(32,33)24-15-9-20(2)10-16-24;1-6-2-4-7(5-3-6)11(8,9)10/h4-16,19H,3,17-18H2,1-2H3,(H,29,31);2-5H,1H3,(H,8,9,10). The number of sulfonamides is 1.